The molecule has 0 aliphatic carbocycles. The van der Waals surface area contributed by atoms with Gasteiger partial charge in [-0.15, -0.1) is 0 Å². The van der Waals surface area contributed by atoms with E-state index in [1.54, 1.807) is 10.8 Å². The molecule has 1 heterocycles. The van der Waals surface area contributed by atoms with Crippen LogP contribution in [0.2, 0.25) is 5.15 Å². The Morgan fingerprint density at radius 2 is 1.85 bits per heavy atom. The molecule has 0 aliphatic rings. The maximum Gasteiger partial charge on any atom is 0.269 e. The van der Waals surface area contributed by atoms with Gasteiger partial charge in [0, 0.05) is 23.3 Å². The molecule has 7 heteroatoms. The molecule has 0 saturated heterocycles. The molecule has 0 spiro atoms. The SMILES string of the molecule is Cc1nn(Cc2ccccc2)c(Cl)c1/C=C/C(=O)c1ccc([N+](=O)[O-])cc1. The number of non-ortho nitro benzene ring substituents is 1. The minimum Gasteiger partial charge on any atom is -0.289 e. The van der Waals surface area contributed by atoms with Gasteiger partial charge in [0.2, 0.25) is 0 Å². The van der Waals surface area contributed by atoms with Gasteiger partial charge in [-0.25, -0.2) is 4.68 Å². The highest BCUT2D eigenvalue weighted by Crippen LogP contribution is 2.23. The van der Waals surface area contributed by atoms with E-state index in [9.17, 15) is 14.9 Å². The first-order chi connectivity index (χ1) is 13.0. The van der Waals surface area contributed by atoms with Gasteiger partial charge in [0.1, 0.15) is 5.15 Å². The van der Waals surface area contributed by atoms with Gasteiger partial charge in [0.25, 0.3) is 5.69 Å². The third kappa shape index (κ3) is 4.30. The van der Waals surface area contributed by atoms with Crippen LogP contribution in [0.15, 0.2) is 60.7 Å². The normalized spacial score (nSPS) is 11.0. The van der Waals surface area contributed by atoms with Crippen molar-refractivity contribution in [2.75, 3.05) is 0 Å². The molecule has 1 aromatic heterocycles. The van der Waals surface area contributed by atoms with E-state index in [1.807, 2.05) is 37.3 Å². The number of nitrogens with zero attached hydrogens (tertiary/aromatic N) is 3. The fourth-order valence-electron chi connectivity index (χ4n) is 2.62. The smallest absolute Gasteiger partial charge is 0.269 e. The van der Waals surface area contributed by atoms with E-state index in [0.717, 1.165) is 5.56 Å². The molecule has 0 bridgehead atoms. The largest absolute Gasteiger partial charge is 0.289 e. The molecular weight excluding hydrogens is 366 g/mol. The van der Waals surface area contributed by atoms with Crippen LogP contribution in [0, 0.1) is 17.0 Å². The van der Waals surface area contributed by atoms with Crippen LogP contribution in [0.1, 0.15) is 27.2 Å². The maximum absolute atomic E-state index is 12.3. The Morgan fingerprint density at radius 3 is 2.48 bits per heavy atom. The van der Waals surface area contributed by atoms with Crippen molar-refractivity contribution in [3.63, 3.8) is 0 Å². The van der Waals surface area contributed by atoms with Crippen LogP contribution in [-0.4, -0.2) is 20.5 Å². The summed E-state index contributed by atoms with van der Waals surface area (Å²) in [7, 11) is 0. The Hall–Kier alpha value is -3.25. The van der Waals surface area contributed by atoms with Gasteiger partial charge in [-0.1, -0.05) is 41.9 Å². The molecule has 0 saturated carbocycles. The maximum atomic E-state index is 12.3. The summed E-state index contributed by atoms with van der Waals surface area (Å²) in [5.74, 6) is -0.267. The summed E-state index contributed by atoms with van der Waals surface area (Å²) in [5, 5.41) is 15.6. The molecule has 3 rings (SSSR count). The zero-order valence-corrected chi connectivity index (χ0v) is 15.3. The van der Waals surface area contributed by atoms with E-state index in [2.05, 4.69) is 5.10 Å². The van der Waals surface area contributed by atoms with Crippen molar-refractivity contribution < 1.29 is 9.72 Å². The van der Waals surface area contributed by atoms with E-state index in [0.29, 0.717) is 28.5 Å². The summed E-state index contributed by atoms with van der Waals surface area (Å²) >= 11 is 6.43. The Morgan fingerprint density at radius 1 is 1.19 bits per heavy atom. The number of ketones is 1. The standard InChI is InChI=1S/C20H16ClN3O3/c1-14-18(20(21)23(22-14)13-15-5-3-2-4-6-15)11-12-19(25)16-7-9-17(10-8-16)24(26)27/h2-12H,13H2,1H3/b12-11+. The number of hydrogen-bond donors (Lipinski definition) is 0. The highest BCUT2D eigenvalue weighted by Gasteiger charge is 2.12. The number of aryl methyl sites for hydroxylation is 1. The molecule has 27 heavy (non-hydrogen) atoms. The lowest BCUT2D eigenvalue weighted by Gasteiger charge is -2.03. The highest BCUT2D eigenvalue weighted by atomic mass is 35.5. The van der Waals surface area contributed by atoms with Crippen molar-refractivity contribution in [2.45, 2.75) is 13.5 Å². The number of halogens is 1. The number of carbonyl (C=O) groups excluding carboxylic acids is 1. The van der Waals surface area contributed by atoms with E-state index < -0.39 is 4.92 Å². The molecule has 0 N–H and O–H groups in total. The minimum atomic E-state index is -0.506. The van der Waals surface area contributed by atoms with E-state index in [1.165, 1.54) is 30.3 Å². The first-order valence-corrected chi connectivity index (χ1v) is 8.57. The molecule has 6 nitrogen and oxygen atoms in total. The predicted molar refractivity (Wildman–Crippen MR) is 104 cm³/mol. The van der Waals surface area contributed by atoms with Gasteiger partial charge >= 0.3 is 0 Å². The van der Waals surface area contributed by atoms with Crippen molar-refractivity contribution >= 4 is 29.1 Å². The fraction of sp³-hybridized carbons (Fsp3) is 0.100. The van der Waals surface area contributed by atoms with Crippen LogP contribution in [-0.2, 0) is 6.54 Å². The molecule has 0 fully saturated rings. The number of hydrogen-bond acceptors (Lipinski definition) is 4. The zero-order valence-electron chi connectivity index (χ0n) is 14.5. The number of allylic oxidation sites excluding steroid dienone is 1. The number of benzene rings is 2. The number of nitro benzene ring substituents is 1. The minimum absolute atomic E-state index is 0.0587. The topological polar surface area (TPSA) is 78.0 Å². The first-order valence-electron chi connectivity index (χ1n) is 8.19. The number of nitro groups is 1. The van der Waals surface area contributed by atoms with Crippen molar-refractivity contribution in [1.29, 1.82) is 0 Å². The molecule has 3 aromatic rings. The van der Waals surface area contributed by atoms with Crippen molar-refractivity contribution in [3.8, 4) is 0 Å². The lowest BCUT2D eigenvalue weighted by Crippen LogP contribution is -2.01. The van der Waals surface area contributed by atoms with Gasteiger partial charge in [0.15, 0.2) is 5.78 Å². The third-order valence-electron chi connectivity index (χ3n) is 4.05. The molecule has 2 aromatic carbocycles. The second kappa shape index (κ2) is 7.97. The Balaban J connectivity index is 1.78. The summed E-state index contributed by atoms with van der Waals surface area (Å²) in [6.07, 6.45) is 3.01. The van der Waals surface area contributed by atoms with E-state index >= 15 is 0 Å². The van der Waals surface area contributed by atoms with Crippen LogP contribution >= 0.6 is 11.6 Å². The summed E-state index contributed by atoms with van der Waals surface area (Å²) in [6, 6.07) is 15.3. The Bertz CT molecular complexity index is 1010. The van der Waals surface area contributed by atoms with Crippen LogP contribution in [0.4, 0.5) is 5.69 Å². The van der Waals surface area contributed by atoms with Gasteiger partial charge in [-0.2, -0.15) is 5.10 Å². The molecular formula is C20H16ClN3O3. The Kier molecular flexibility index (Phi) is 5.47. The average Bonchev–Trinajstić information content (AvgIpc) is 2.93. The summed E-state index contributed by atoms with van der Waals surface area (Å²) < 4.78 is 1.68. The van der Waals surface area contributed by atoms with Gasteiger partial charge in [0.05, 0.1) is 17.2 Å². The number of carbonyl (C=O) groups is 1. The summed E-state index contributed by atoms with van der Waals surface area (Å²) in [4.78, 5) is 22.5. The van der Waals surface area contributed by atoms with E-state index in [4.69, 9.17) is 11.6 Å². The van der Waals surface area contributed by atoms with Gasteiger partial charge in [-0.3, -0.25) is 14.9 Å². The predicted octanol–water partition coefficient (Wildman–Crippen LogP) is 4.70. The quantitative estimate of drug-likeness (QED) is 0.268. The van der Waals surface area contributed by atoms with Crippen molar-refractivity contribution in [3.05, 3.63) is 98.3 Å². The van der Waals surface area contributed by atoms with Crippen LogP contribution in [0.5, 0.6) is 0 Å². The fourth-order valence-corrected chi connectivity index (χ4v) is 2.92. The third-order valence-corrected chi connectivity index (χ3v) is 4.45. The summed E-state index contributed by atoms with van der Waals surface area (Å²) in [6.45, 7) is 2.36. The number of rotatable bonds is 6. The van der Waals surface area contributed by atoms with E-state index in [-0.39, 0.29) is 11.5 Å². The number of aromatic nitrogens is 2. The molecule has 0 aliphatic heterocycles. The van der Waals surface area contributed by atoms with Crippen LogP contribution in [0.3, 0.4) is 0 Å². The Labute approximate surface area is 160 Å². The zero-order chi connectivity index (χ0) is 19.4. The lowest BCUT2D eigenvalue weighted by atomic mass is 10.1. The first kappa shape index (κ1) is 18.5. The lowest BCUT2D eigenvalue weighted by molar-refractivity contribution is -0.384. The average molecular weight is 382 g/mol. The molecule has 136 valence electrons. The summed E-state index contributed by atoms with van der Waals surface area (Å²) in [5.41, 5.74) is 2.75. The second-order valence-electron chi connectivity index (χ2n) is 5.93. The molecule has 0 unspecified atom stereocenters. The molecule has 0 atom stereocenters. The molecule has 0 amide bonds. The van der Waals surface area contributed by atoms with Crippen molar-refractivity contribution in [1.82, 2.24) is 9.78 Å². The second-order valence-corrected chi connectivity index (χ2v) is 6.29. The monoisotopic (exact) mass is 381 g/mol. The van der Waals surface area contributed by atoms with Gasteiger partial charge < -0.3 is 0 Å². The van der Waals surface area contributed by atoms with Crippen molar-refractivity contribution in [2.24, 2.45) is 0 Å². The van der Waals surface area contributed by atoms with Gasteiger partial charge in [-0.05, 0) is 36.8 Å². The molecule has 0 radical (unpaired) electrons. The van der Waals surface area contributed by atoms with Crippen LogP contribution in [0.25, 0.3) is 6.08 Å². The highest BCUT2D eigenvalue weighted by molar-refractivity contribution is 6.31. The van der Waals surface area contributed by atoms with Crippen LogP contribution < -0.4 is 0 Å².